The fraction of sp³-hybridized carbons (Fsp3) is 0.278. The summed E-state index contributed by atoms with van der Waals surface area (Å²) in [5.41, 5.74) is 0.233. The molecule has 3 rings (SSSR count). The molecule has 1 aromatic carbocycles. The lowest BCUT2D eigenvalue weighted by Crippen LogP contribution is -2.47. The summed E-state index contributed by atoms with van der Waals surface area (Å²) >= 11 is 0. The topological polar surface area (TPSA) is 98.4 Å². The number of hydrogen-bond donors (Lipinski definition) is 2. The van der Waals surface area contributed by atoms with Crippen LogP contribution >= 0.6 is 0 Å². The van der Waals surface area contributed by atoms with Gasteiger partial charge in [-0.3, -0.25) is 4.79 Å². The summed E-state index contributed by atoms with van der Waals surface area (Å²) in [5.74, 6) is -0.207. The Kier molecular flexibility index (Phi) is 5.17. The van der Waals surface area contributed by atoms with E-state index >= 15 is 0 Å². The molecule has 3 amide bonds. The molecule has 1 atom stereocenters. The van der Waals surface area contributed by atoms with E-state index in [1.807, 2.05) is 6.07 Å². The molecule has 1 aromatic heterocycles. The van der Waals surface area contributed by atoms with Gasteiger partial charge < -0.3 is 20.0 Å². The van der Waals surface area contributed by atoms with Gasteiger partial charge in [-0.05, 0) is 43.2 Å². The van der Waals surface area contributed by atoms with Crippen LogP contribution in [0.5, 0.6) is 0 Å². The molecule has 7 nitrogen and oxygen atoms in total. The van der Waals surface area contributed by atoms with Crippen LogP contribution in [0, 0.1) is 17.1 Å². The Balaban J connectivity index is 1.64. The van der Waals surface area contributed by atoms with Crippen molar-refractivity contribution in [3.63, 3.8) is 0 Å². The van der Waals surface area contributed by atoms with Crippen molar-refractivity contribution in [2.45, 2.75) is 25.4 Å². The first kappa shape index (κ1) is 17.5. The van der Waals surface area contributed by atoms with Gasteiger partial charge in [-0.25, -0.2) is 9.18 Å². The summed E-state index contributed by atoms with van der Waals surface area (Å²) in [6.07, 6.45) is 2.76. The Bertz CT molecular complexity index is 845. The predicted molar refractivity (Wildman–Crippen MR) is 90.4 cm³/mol. The largest absolute Gasteiger partial charge is 0.467 e. The highest BCUT2D eigenvalue weighted by Gasteiger charge is 2.34. The Morgan fingerprint density at radius 1 is 1.38 bits per heavy atom. The molecule has 0 spiro atoms. The van der Waals surface area contributed by atoms with Crippen molar-refractivity contribution in [2.75, 3.05) is 11.9 Å². The number of urea groups is 1. The Morgan fingerprint density at radius 3 is 2.96 bits per heavy atom. The first-order valence-corrected chi connectivity index (χ1v) is 8.16. The van der Waals surface area contributed by atoms with E-state index in [-0.39, 0.29) is 23.7 Å². The van der Waals surface area contributed by atoms with Crippen molar-refractivity contribution >= 4 is 17.6 Å². The minimum Gasteiger partial charge on any atom is -0.467 e. The number of likely N-dealkylation sites (tertiary alicyclic amines) is 1. The van der Waals surface area contributed by atoms with Crippen LogP contribution in [0.4, 0.5) is 14.9 Å². The molecule has 26 heavy (non-hydrogen) atoms. The molecule has 0 radical (unpaired) electrons. The highest BCUT2D eigenvalue weighted by atomic mass is 19.1. The van der Waals surface area contributed by atoms with Crippen LogP contribution in [0.15, 0.2) is 41.0 Å². The summed E-state index contributed by atoms with van der Waals surface area (Å²) in [4.78, 5) is 26.3. The number of carbonyl (C=O) groups is 2. The zero-order valence-electron chi connectivity index (χ0n) is 13.9. The molecular weight excluding hydrogens is 339 g/mol. The monoisotopic (exact) mass is 356 g/mol. The van der Waals surface area contributed by atoms with E-state index in [1.165, 1.54) is 17.2 Å². The molecule has 1 aliphatic heterocycles. The van der Waals surface area contributed by atoms with E-state index in [4.69, 9.17) is 9.68 Å². The number of hydrogen-bond acceptors (Lipinski definition) is 4. The van der Waals surface area contributed by atoms with Gasteiger partial charge in [0.2, 0.25) is 5.91 Å². The van der Waals surface area contributed by atoms with Crippen LogP contribution in [0.2, 0.25) is 0 Å². The minimum absolute atomic E-state index is 0.0244. The summed E-state index contributed by atoms with van der Waals surface area (Å²) in [7, 11) is 0. The second kappa shape index (κ2) is 7.70. The second-order valence-corrected chi connectivity index (χ2v) is 5.88. The number of benzene rings is 1. The zero-order chi connectivity index (χ0) is 18.5. The highest BCUT2D eigenvalue weighted by Crippen LogP contribution is 2.21. The molecule has 2 heterocycles. The Labute approximate surface area is 149 Å². The summed E-state index contributed by atoms with van der Waals surface area (Å²) in [6.45, 7) is 0.669. The Hall–Kier alpha value is -3.34. The van der Waals surface area contributed by atoms with Crippen molar-refractivity contribution in [1.29, 1.82) is 5.26 Å². The third-order valence-corrected chi connectivity index (χ3v) is 4.18. The van der Waals surface area contributed by atoms with Crippen LogP contribution in [-0.4, -0.2) is 29.4 Å². The molecule has 1 unspecified atom stereocenters. The van der Waals surface area contributed by atoms with E-state index in [2.05, 4.69) is 10.6 Å². The lowest BCUT2D eigenvalue weighted by molar-refractivity contribution is -0.124. The smallest absolute Gasteiger partial charge is 0.322 e. The van der Waals surface area contributed by atoms with E-state index < -0.39 is 17.9 Å². The number of amides is 3. The quantitative estimate of drug-likeness (QED) is 0.880. The van der Waals surface area contributed by atoms with Gasteiger partial charge in [0, 0.05) is 6.54 Å². The van der Waals surface area contributed by atoms with Crippen LogP contribution in [-0.2, 0) is 11.3 Å². The average molecular weight is 356 g/mol. The first-order chi connectivity index (χ1) is 12.6. The molecule has 2 aromatic rings. The van der Waals surface area contributed by atoms with Crippen LogP contribution in [0.1, 0.15) is 24.2 Å². The van der Waals surface area contributed by atoms with Crippen LogP contribution in [0.25, 0.3) is 0 Å². The van der Waals surface area contributed by atoms with Gasteiger partial charge in [-0.1, -0.05) is 0 Å². The van der Waals surface area contributed by atoms with Crippen molar-refractivity contribution in [2.24, 2.45) is 0 Å². The standard InChI is InChI=1S/C18H17FN4O3/c19-13-5-6-15(12(9-13)10-20)22-18(25)23-7-1-4-16(23)17(24)21-11-14-3-2-8-26-14/h2-3,5-6,8-9,16H,1,4,7,11H2,(H,21,24)(H,22,25). The third-order valence-electron chi connectivity index (χ3n) is 4.18. The van der Waals surface area contributed by atoms with Crippen LogP contribution in [0.3, 0.4) is 0 Å². The number of furan rings is 1. The molecule has 2 N–H and O–H groups in total. The van der Waals surface area contributed by atoms with Gasteiger partial charge in [-0.15, -0.1) is 0 Å². The maximum Gasteiger partial charge on any atom is 0.322 e. The summed E-state index contributed by atoms with van der Waals surface area (Å²) in [5, 5.41) is 14.4. The van der Waals surface area contributed by atoms with Crippen LogP contribution < -0.4 is 10.6 Å². The number of nitrogens with zero attached hydrogens (tertiary/aromatic N) is 2. The number of nitrogens with one attached hydrogen (secondary N) is 2. The average Bonchev–Trinajstić information content (AvgIpc) is 3.32. The highest BCUT2D eigenvalue weighted by molar-refractivity contribution is 5.95. The van der Waals surface area contributed by atoms with Crippen molar-refractivity contribution in [1.82, 2.24) is 10.2 Å². The predicted octanol–water partition coefficient (Wildman–Crippen LogP) is 2.60. The van der Waals surface area contributed by atoms with Gasteiger partial charge in [0.15, 0.2) is 0 Å². The van der Waals surface area contributed by atoms with Crippen molar-refractivity contribution in [3.05, 3.63) is 53.7 Å². The fourth-order valence-corrected chi connectivity index (χ4v) is 2.89. The van der Waals surface area contributed by atoms with E-state index in [0.717, 1.165) is 12.1 Å². The lowest BCUT2D eigenvalue weighted by atomic mass is 10.2. The first-order valence-electron chi connectivity index (χ1n) is 8.16. The maximum atomic E-state index is 13.2. The summed E-state index contributed by atoms with van der Waals surface area (Å²) < 4.78 is 18.4. The maximum absolute atomic E-state index is 13.2. The van der Waals surface area contributed by atoms with E-state index in [0.29, 0.717) is 25.1 Å². The number of anilines is 1. The van der Waals surface area contributed by atoms with Crippen molar-refractivity contribution in [3.8, 4) is 6.07 Å². The Morgan fingerprint density at radius 2 is 2.23 bits per heavy atom. The fourth-order valence-electron chi connectivity index (χ4n) is 2.89. The second-order valence-electron chi connectivity index (χ2n) is 5.88. The normalized spacial score (nSPS) is 16.2. The minimum atomic E-state index is -0.601. The van der Waals surface area contributed by atoms with Gasteiger partial charge in [0.25, 0.3) is 0 Å². The zero-order valence-corrected chi connectivity index (χ0v) is 13.9. The molecule has 0 aliphatic carbocycles. The van der Waals surface area contributed by atoms with Gasteiger partial charge in [0.05, 0.1) is 24.1 Å². The lowest BCUT2D eigenvalue weighted by Gasteiger charge is -2.24. The van der Waals surface area contributed by atoms with Gasteiger partial charge in [0.1, 0.15) is 23.7 Å². The number of carbonyl (C=O) groups excluding carboxylic acids is 2. The number of halogens is 1. The molecule has 1 aliphatic rings. The van der Waals surface area contributed by atoms with Gasteiger partial charge >= 0.3 is 6.03 Å². The molecule has 0 saturated carbocycles. The van der Waals surface area contributed by atoms with Crippen molar-refractivity contribution < 1.29 is 18.4 Å². The molecule has 1 fully saturated rings. The molecule has 0 bridgehead atoms. The number of rotatable bonds is 4. The SMILES string of the molecule is N#Cc1cc(F)ccc1NC(=O)N1CCCC1C(=O)NCc1ccco1. The molecule has 134 valence electrons. The summed E-state index contributed by atoms with van der Waals surface area (Å²) in [6, 6.07) is 7.75. The molecule has 1 saturated heterocycles. The molecular formula is C18H17FN4O3. The van der Waals surface area contributed by atoms with Gasteiger partial charge in [-0.2, -0.15) is 5.26 Å². The number of nitriles is 1. The van der Waals surface area contributed by atoms with E-state index in [9.17, 15) is 14.0 Å². The third kappa shape index (κ3) is 3.83. The van der Waals surface area contributed by atoms with E-state index in [1.54, 1.807) is 12.1 Å². The molecule has 8 heteroatoms.